The molecule has 20 nitrogen and oxygen atoms in total. The molecule has 0 saturated heterocycles. The Morgan fingerprint density at radius 1 is 0.383 bits per heavy atom. The van der Waals surface area contributed by atoms with E-state index in [4.69, 9.17) is 19.4 Å². The highest BCUT2D eigenvalue weighted by molar-refractivity contribution is 5.72. The predicted molar refractivity (Wildman–Crippen MR) is 225 cm³/mol. The highest BCUT2D eigenvalue weighted by Gasteiger charge is 2.18. The van der Waals surface area contributed by atoms with Crippen LogP contribution in [-0.4, -0.2) is 103 Å². The molecule has 6 aromatic rings. The molecule has 0 aliphatic rings. The fourth-order valence-electron chi connectivity index (χ4n) is 5.02. The highest BCUT2D eigenvalue weighted by atomic mass is 17.0. The largest absolute Gasteiger partial charge is 0.394 e. The van der Waals surface area contributed by atoms with Crippen molar-refractivity contribution in [2.24, 2.45) is 0 Å². The topological polar surface area (TPSA) is 250 Å². The molecule has 2 aromatic heterocycles. The second-order valence-corrected chi connectivity index (χ2v) is 12.1. The van der Waals surface area contributed by atoms with Gasteiger partial charge in [-0.1, -0.05) is 83.3 Å². The number of aromatic nitrogens is 6. The number of hydrogen-bond donors (Lipinski definition) is 8. The molecule has 312 valence electrons. The van der Waals surface area contributed by atoms with Gasteiger partial charge in [-0.15, -0.1) is 0 Å². The van der Waals surface area contributed by atoms with Crippen molar-refractivity contribution in [1.29, 1.82) is 0 Å². The summed E-state index contributed by atoms with van der Waals surface area (Å²) in [4.78, 5) is 48.5. The smallest absolute Gasteiger partial charge is 0.284 e. The quantitative estimate of drug-likeness (QED) is 0.0309. The van der Waals surface area contributed by atoms with E-state index in [-0.39, 0.29) is 88.5 Å². The Hall–Kier alpha value is -6.88. The monoisotopic (exact) mass is 820 g/mol. The zero-order valence-corrected chi connectivity index (χ0v) is 32.2. The van der Waals surface area contributed by atoms with Crippen molar-refractivity contribution in [1.82, 2.24) is 29.9 Å². The summed E-state index contributed by atoms with van der Waals surface area (Å²) >= 11 is 0. The molecule has 2 heterocycles. The molecule has 0 unspecified atom stereocenters. The Balaban J connectivity index is 1.14. The van der Waals surface area contributed by atoms with Crippen LogP contribution in [0, 0.1) is 0 Å². The average Bonchev–Trinajstić information content (AvgIpc) is 3.27. The van der Waals surface area contributed by atoms with Gasteiger partial charge in [0.25, 0.3) is 11.9 Å². The van der Waals surface area contributed by atoms with Crippen molar-refractivity contribution in [2.75, 3.05) is 84.6 Å². The van der Waals surface area contributed by atoms with Gasteiger partial charge in [-0.05, 0) is 59.7 Å². The van der Waals surface area contributed by atoms with E-state index in [0.717, 1.165) is 33.0 Å². The summed E-state index contributed by atoms with van der Waals surface area (Å²) in [6.45, 7) is -1.51. The Morgan fingerprint density at radius 2 is 0.667 bits per heavy atom. The lowest BCUT2D eigenvalue weighted by atomic mass is 10.1. The van der Waals surface area contributed by atoms with Gasteiger partial charge in [-0.25, -0.2) is 19.4 Å². The molecule has 0 fully saturated rings. The van der Waals surface area contributed by atoms with Crippen LogP contribution >= 0.6 is 0 Å². The molecule has 0 bridgehead atoms. The first-order chi connectivity index (χ1) is 29.5. The number of aliphatic hydroxyl groups excluding tert-OH is 4. The van der Waals surface area contributed by atoms with Gasteiger partial charge in [-0.2, -0.15) is 29.9 Å². The highest BCUT2D eigenvalue weighted by Crippen LogP contribution is 2.24. The maximum atomic E-state index is 9.31. The van der Waals surface area contributed by atoms with Gasteiger partial charge >= 0.3 is 0 Å². The van der Waals surface area contributed by atoms with Crippen LogP contribution in [0.15, 0.2) is 109 Å². The number of aliphatic hydroxyl groups is 4. The second-order valence-electron chi connectivity index (χ2n) is 12.1. The summed E-state index contributed by atoms with van der Waals surface area (Å²) in [7, 11) is 0. The number of rotatable bonds is 24. The predicted octanol–water partition coefficient (Wildman–Crippen LogP) is 4.51. The number of anilines is 10. The van der Waals surface area contributed by atoms with E-state index in [9.17, 15) is 20.4 Å². The van der Waals surface area contributed by atoms with Gasteiger partial charge in [0.15, 0.2) is 0 Å². The first-order valence-electron chi connectivity index (χ1n) is 18.7. The molecule has 60 heavy (non-hydrogen) atoms. The lowest BCUT2D eigenvalue weighted by molar-refractivity contribution is -0.106. The summed E-state index contributed by atoms with van der Waals surface area (Å²) in [5.74, 6) is 0.718. The fraction of sp³-hybridized carbons (Fsp3) is 0.200. The molecular formula is C40H44N12O8. The first-order valence-corrected chi connectivity index (χ1v) is 18.7. The maximum Gasteiger partial charge on any atom is 0.284 e. The molecule has 8 N–H and O–H groups in total. The van der Waals surface area contributed by atoms with Crippen LogP contribution in [0.25, 0.3) is 12.2 Å². The summed E-state index contributed by atoms with van der Waals surface area (Å²) < 4.78 is 0. The number of para-hydroxylation sites is 2. The van der Waals surface area contributed by atoms with Crippen molar-refractivity contribution in [3.63, 3.8) is 0 Å². The maximum absolute atomic E-state index is 9.31. The molecule has 0 aliphatic heterocycles. The Morgan fingerprint density at radius 3 is 0.950 bits per heavy atom. The van der Waals surface area contributed by atoms with Crippen LogP contribution in [-0.2, 0) is 19.4 Å². The molecular weight excluding hydrogens is 777 g/mol. The molecule has 4 aromatic carbocycles. The van der Waals surface area contributed by atoms with Crippen molar-refractivity contribution in [3.8, 4) is 0 Å². The standard InChI is InChI=1S/C40H44N12O8/c53-21-25-57-51(58-26-22-54)39-47-35(41-31-7-3-1-4-8-31)45-37(49-39)43-33-17-13-29(14-18-33)11-12-30-15-19-34(20-16-30)44-38-46-36(42-32-9-5-2-6-10-32)48-40(50-38)52(59-27-23-55)60-28-24-56/h1-20,53-56H,21-28H2,(H2,41,43,45,47,49)(H2,42,44,46,48,50). The van der Waals surface area contributed by atoms with Crippen molar-refractivity contribution in [3.05, 3.63) is 120 Å². The van der Waals surface area contributed by atoms with Crippen molar-refractivity contribution < 1.29 is 39.8 Å². The van der Waals surface area contributed by atoms with Gasteiger partial charge in [0.05, 0.1) is 26.4 Å². The summed E-state index contributed by atoms with van der Waals surface area (Å²) in [6, 6.07) is 33.9. The van der Waals surface area contributed by atoms with Gasteiger partial charge in [0, 0.05) is 22.7 Å². The first kappa shape index (κ1) is 42.7. The minimum absolute atomic E-state index is 0.0178. The summed E-state index contributed by atoms with van der Waals surface area (Å²) in [5, 5.41) is 51.7. The molecule has 0 saturated carbocycles. The molecule has 0 spiro atoms. The Bertz CT molecular complexity index is 2040. The molecule has 6 rings (SSSR count). The minimum atomic E-state index is -0.279. The van der Waals surface area contributed by atoms with Crippen molar-refractivity contribution >= 4 is 70.6 Å². The Labute approximate surface area is 344 Å². The Kier molecular flexibility index (Phi) is 16.3. The van der Waals surface area contributed by atoms with Gasteiger partial charge < -0.3 is 41.7 Å². The van der Waals surface area contributed by atoms with Crippen LogP contribution in [0.3, 0.4) is 0 Å². The van der Waals surface area contributed by atoms with Crippen LogP contribution in [0.5, 0.6) is 0 Å². The van der Waals surface area contributed by atoms with Gasteiger partial charge in [-0.3, -0.25) is 0 Å². The normalized spacial score (nSPS) is 11.1. The van der Waals surface area contributed by atoms with E-state index < -0.39 is 0 Å². The molecule has 0 radical (unpaired) electrons. The SMILES string of the molecule is OCCON(OCCO)c1nc(Nc2ccccc2)nc(Nc2ccc(C=Cc3ccc(Nc4nc(Nc5ccccc5)nc(N(OCCO)OCCO)n4)cc3)cc2)n1. The summed E-state index contributed by atoms with van der Waals surface area (Å²) in [6.07, 6.45) is 3.94. The van der Waals surface area contributed by atoms with Crippen molar-refractivity contribution in [2.45, 2.75) is 0 Å². The van der Waals surface area contributed by atoms with E-state index in [1.807, 2.05) is 121 Å². The third-order valence-corrected chi connectivity index (χ3v) is 7.63. The third kappa shape index (κ3) is 13.3. The number of nitrogens with one attached hydrogen (secondary N) is 4. The lowest BCUT2D eigenvalue weighted by Crippen LogP contribution is -2.29. The molecule has 20 heteroatoms. The van der Waals surface area contributed by atoms with E-state index in [0.29, 0.717) is 11.4 Å². The van der Waals surface area contributed by atoms with E-state index in [1.165, 1.54) is 0 Å². The number of benzene rings is 4. The van der Waals surface area contributed by atoms with E-state index in [2.05, 4.69) is 51.2 Å². The lowest BCUT2D eigenvalue weighted by Gasteiger charge is -2.20. The number of nitrogens with zero attached hydrogens (tertiary/aromatic N) is 8. The minimum Gasteiger partial charge on any atom is -0.394 e. The van der Waals surface area contributed by atoms with Crippen LogP contribution in [0.2, 0.25) is 0 Å². The molecule has 0 atom stereocenters. The summed E-state index contributed by atoms with van der Waals surface area (Å²) in [5.41, 5.74) is 4.72. The zero-order chi connectivity index (χ0) is 41.8. The van der Waals surface area contributed by atoms with Crippen LogP contribution in [0.4, 0.5) is 58.4 Å². The van der Waals surface area contributed by atoms with Gasteiger partial charge in [0.2, 0.25) is 23.8 Å². The molecule has 0 amide bonds. The fourth-order valence-corrected chi connectivity index (χ4v) is 5.02. The average molecular weight is 821 g/mol. The number of hydrogen-bond acceptors (Lipinski definition) is 20. The van der Waals surface area contributed by atoms with Gasteiger partial charge in [0.1, 0.15) is 26.4 Å². The third-order valence-electron chi connectivity index (χ3n) is 7.63. The van der Waals surface area contributed by atoms with Crippen LogP contribution < -0.4 is 31.7 Å². The van der Waals surface area contributed by atoms with E-state index >= 15 is 0 Å². The molecule has 0 aliphatic carbocycles. The van der Waals surface area contributed by atoms with E-state index in [1.54, 1.807) is 0 Å². The zero-order valence-electron chi connectivity index (χ0n) is 32.2. The second kappa shape index (κ2) is 22.9. The van der Waals surface area contributed by atoms with Crippen LogP contribution in [0.1, 0.15) is 11.1 Å².